The fourth-order valence-corrected chi connectivity index (χ4v) is 2.52. The van der Waals surface area contributed by atoms with Gasteiger partial charge in [-0.25, -0.2) is 4.68 Å². The van der Waals surface area contributed by atoms with E-state index in [1.165, 1.54) is 0 Å². The molecule has 0 unspecified atom stereocenters. The zero-order valence-electron chi connectivity index (χ0n) is 14.1. The van der Waals surface area contributed by atoms with Crippen molar-refractivity contribution >= 4 is 5.97 Å². The standard InChI is InChI=1S/C19H20N4O2/c1-2-12-23-18(20-21-22-23)14-25-19(24)13-15-8-10-17(11-9-15)16-6-4-3-5-7-16/h3-11H,2,12-14H2,1H3. The molecule has 0 bridgehead atoms. The average molecular weight is 336 g/mol. The van der Waals surface area contributed by atoms with Crippen LogP contribution < -0.4 is 0 Å². The lowest BCUT2D eigenvalue weighted by atomic mass is 10.0. The Morgan fingerprint density at radius 1 is 1.04 bits per heavy atom. The van der Waals surface area contributed by atoms with Crippen LogP contribution in [0.2, 0.25) is 0 Å². The molecule has 0 aliphatic heterocycles. The van der Waals surface area contributed by atoms with Crippen molar-refractivity contribution in [2.45, 2.75) is 32.9 Å². The molecule has 25 heavy (non-hydrogen) atoms. The van der Waals surface area contributed by atoms with E-state index >= 15 is 0 Å². The topological polar surface area (TPSA) is 69.9 Å². The van der Waals surface area contributed by atoms with Gasteiger partial charge in [-0.05, 0) is 33.5 Å². The van der Waals surface area contributed by atoms with Crippen molar-refractivity contribution in [2.75, 3.05) is 0 Å². The molecule has 0 fully saturated rings. The minimum atomic E-state index is -0.293. The highest BCUT2D eigenvalue weighted by Gasteiger charge is 2.10. The fourth-order valence-electron chi connectivity index (χ4n) is 2.52. The highest BCUT2D eigenvalue weighted by molar-refractivity contribution is 5.73. The van der Waals surface area contributed by atoms with Gasteiger partial charge in [-0.1, -0.05) is 61.5 Å². The van der Waals surface area contributed by atoms with Crippen LogP contribution in [0, 0.1) is 0 Å². The number of ether oxygens (including phenoxy) is 1. The maximum atomic E-state index is 12.0. The third kappa shape index (κ3) is 4.50. The molecule has 6 nitrogen and oxygen atoms in total. The number of carbonyl (C=O) groups is 1. The third-order valence-electron chi connectivity index (χ3n) is 3.81. The maximum Gasteiger partial charge on any atom is 0.310 e. The SMILES string of the molecule is CCCn1nnnc1COC(=O)Cc1ccc(-c2ccccc2)cc1. The largest absolute Gasteiger partial charge is 0.457 e. The number of esters is 1. The van der Waals surface area contributed by atoms with Crippen LogP contribution in [0.25, 0.3) is 11.1 Å². The smallest absolute Gasteiger partial charge is 0.310 e. The Balaban J connectivity index is 1.55. The van der Waals surface area contributed by atoms with Crippen LogP contribution in [0.4, 0.5) is 0 Å². The predicted molar refractivity (Wildman–Crippen MR) is 93.5 cm³/mol. The summed E-state index contributed by atoms with van der Waals surface area (Å²) in [5.74, 6) is 0.271. The van der Waals surface area contributed by atoms with E-state index in [4.69, 9.17) is 4.74 Å². The summed E-state index contributed by atoms with van der Waals surface area (Å²) in [6.45, 7) is 2.84. The monoisotopic (exact) mass is 336 g/mol. The summed E-state index contributed by atoms with van der Waals surface area (Å²) in [7, 11) is 0. The molecule has 0 saturated heterocycles. The molecule has 0 atom stereocenters. The summed E-state index contributed by atoms with van der Waals surface area (Å²) < 4.78 is 6.94. The quantitative estimate of drug-likeness (QED) is 0.620. The molecule has 0 N–H and O–H groups in total. The van der Waals surface area contributed by atoms with Crippen molar-refractivity contribution in [1.29, 1.82) is 0 Å². The van der Waals surface area contributed by atoms with Crippen LogP contribution in [0.1, 0.15) is 24.7 Å². The number of benzene rings is 2. The van der Waals surface area contributed by atoms with Gasteiger partial charge in [0.05, 0.1) is 6.42 Å². The molecule has 3 rings (SSSR count). The van der Waals surface area contributed by atoms with Gasteiger partial charge in [0.15, 0.2) is 12.4 Å². The maximum absolute atomic E-state index is 12.0. The van der Waals surface area contributed by atoms with Crippen LogP contribution in [-0.2, 0) is 29.1 Å². The second-order valence-electron chi connectivity index (χ2n) is 5.72. The molecule has 2 aromatic carbocycles. The van der Waals surface area contributed by atoms with Crippen LogP contribution >= 0.6 is 0 Å². The van der Waals surface area contributed by atoms with E-state index in [1.54, 1.807) is 4.68 Å². The Bertz CT molecular complexity index is 813. The Morgan fingerprint density at radius 2 is 1.76 bits per heavy atom. The Morgan fingerprint density at radius 3 is 2.48 bits per heavy atom. The first-order chi connectivity index (χ1) is 12.3. The van der Waals surface area contributed by atoms with E-state index in [1.807, 2.05) is 49.4 Å². The van der Waals surface area contributed by atoms with Crippen molar-refractivity contribution in [3.8, 4) is 11.1 Å². The molecule has 1 aromatic heterocycles. The lowest BCUT2D eigenvalue weighted by molar-refractivity contribution is -0.144. The average Bonchev–Trinajstić information content (AvgIpc) is 3.09. The molecule has 0 radical (unpaired) electrons. The first-order valence-electron chi connectivity index (χ1n) is 8.31. The van der Waals surface area contributed by atoms with Gasteiger partial charge in [0, 0.05) is 6.54 Å². The Labute approximate surface area is 146 Å². The van der Waals surface area contributed by atoms with E-state index in [0.29, 0.717) is 12.4 Å². The lowest BCUT2D eigenvalue weighted by Gasteiger charge is -2.06. The van der Waals surface area contributed by atoms with E-state index in [9.17, 15) is 4.79 Å². The molecule has 0 amide bonds. The zero-order chi connectivity index (χ0) is 17.5. The molecule has 0 spiro atoms. The second kappa shape index (κ2) is 8.19. The van der Waals surface area contributed by atoms with E-state index in [-0.39, 0.29) is 19.0 Å². The number of aromatic nitrogens is 4. The van der Waals surface area contributed by atoms with E-state index in [2.05, 4.69) is 27.7 Å². The van der Waals surface area contributed by atoms with Gasteiger partial charge in [-0.2, -0.15) is 0 Å². The normalized spacial score (nSPS) is 10.6. The van der Waals surface area contributed by atoms with Gasteiger partial charge < -0.3 is 4.74 Å². The first-order valence-corrected chi connectivity index (χ1v) is 8.31. The summed E-state index contributed by atoms with van der Waals surface area (Å²) in [5.41, 5.74) is 3.19. The molecule has 0 aliphatic carbocycles. The molecule has 0 saturated carbocycles. The highest BCUT2D eigenvalue weighted by atomic mass is 16.5. The molecule has 1 heterocycles. The number of carbonyl (C=O) groups excluding carboxylic acids is 1. The highest BCUT2D eigenvalue weighted by Crippen LogP contribution is 2.19. The van der Waals surface area contributed by atoms with Crippen LogP contribution in [0.3, 0.4) is 0 Å². The minimum absolute atomic E-state index is 0.0912. The van der Waals surface area contributed by atoms with Gasteiger partial charge in [-0.15, -0.1) is 5.10 Å². The number of tetrazole rings is 1. The van der Waals surface area contributed by atoms with Crippen molar-refractivity contribution in [3.05, 3.63) is 66.0 Å². The van der Waals surface area contributed by atoms with Crippen molar-refractivity contribution in [1.82, 2.24) is 20.2 Å². The van der Waals surface area contributed by atoms with Gasteiger partial charge in [-0.3, -0.25) is 4.79 Å². The summed E-state index contributed by atoms with van der Waals surface area (Å²) in [5, 5.41) is 11.4. The van der Waals surface area contributed by atoms with Gasteiger partial charge in [0.2, 0.25) is 0 Å². The molecule has 128 valence electrons. The Hall–Kier alpha value is -3.02. The summed E-state index contributed by atoms with van der Waals surface area (Å²) in [6, 6.07) is 18.0. The molecule has 3 aromatic rings. The molecule has 6 heteroatoms. The van der Waals surface area contributed by atoms with Gasteiger partial charge in [0.1, 0.15) is 0 Å². The number of hydrogen-bond donors (Lipinski definition) is 0. The van der Waals surface area contributed by atoms with Crippen LogP contribution in [0.5, 0.6) is 0 Å². The van der Waals surface area contributed by atoms with Gasteiger partial charge in [0.25, 0.3) is 0 Å². The fraction of sp³-hybridized carbons (Fsp3) is 0.263. The minimum Gasteiger partial charge on any atom is -0.457 e. The van der Waals surface area contributed by atoms with Crippen molar-refractivity contribution < 1.29 is 9.53 Å². The molecular weight excluding hydrogens is 316 g/mol. The van der Waals surface area contributed by atoms with E-state index in [0.717, 1.165) is 23.1 Å². The second-order valence-corrected chi connectivity index (χ2v) is 5.72. The number of hydrogen-bond acceptors (Lipinski definition) is 5. The van der Waals surface area contributed by atoms with Crippen molar-refractivity contribution in [2.24, 2.45) is 0 Å². The molecular formula is C19H20N4O2. The number of rotatable bonds is 7. The zero-order valence-corrected chi connectivity index (χ0v) is 14.1. The van der Waals surface area contributed by atoms with E-state index < -0.39 is 0 Å². The van der Waals surface area contributed by atoms with Crippen molar-refractivity contribution in [3.63, 3.8) is 0 Å². The number of aryl methyl sites for hydroxylation is 1. The summed E-state index contributed by atoms with van der Waals surface area (Å²) >= 11 is 0. The summed E-state index contributed by atoms with van der Waals surface area (Å²) in [6.07, 6.45) is 1.14. The summed E-state index contributed by atoms with van der Waals surface area (Å²) in [4.78, 5) is 12.0. The third-order valence-corrected chi connectivity index (χ3v) is 3.81. The Kier molecular flexibility index (Phi) is 5.51. The predicted octanol–water partition coefficient (Wildman–Crippen LogP) is 3.04. The van der Waals surface area contributed by atoms with Crippen LogP contribution in [-0.4, -0.2) is 26.2 Å². The lowest BCUT2D eigenvalue weighted by Crippen LogP contribution is -2.12. The molecule has 0 aliphatic rings. The number of nitrogens with zero attached hydrogens (tertiary/aromatic N) is 4. The van der Waals surface area contributed by atoms with Gasteiger partial charge >= 0.3 is 5.97 Å². The first kappa shape index (κ1) is 16.8. The van der Waals surface area contributed by atoms with Crippen LogP contribution in [0.15, 0.2) is 54.6 Å².